The molecule has 2 nitrogen and oxygen atoms in total. The van der Waals surface area contributed by atoms with Crippen LogP contribution in [0, 0.1) is 0 Å². The topological polar surface area (TPSA) is 24.9 Å². The summed E-state index contributed by atoms with van der Waals surface area (Å²) in [5.41, 5.74) is 0. The standard InChI is InChI=1S/C10H13BrN2S2/c11-9-2-1-3-12-10(9)13-6-8-7-14-4-5-15-8/h1-3,8H,4-7H2,(H,12,13). The van der Waals surface area contributed by atoms with Crippen LogP contribution in [0.2, 0.25) is 0 Å². The molecule has 1 aromatic heterocycles. The Bertz CT molecular complexity index is 316. The molecule has 1 fully saturated rings. The summed E-state index contributed by atoms with van der Waals surface area (Å²) >= 11 is 7.60. The molecule has 0 spiro atoms. The lowest BCUT2D eigenvalue weighted by atomic mass is 10.4. The average molecular weight is 305 g/mol. The molecule has 1 N–H and O–H groups in total. The second-order valence-corrected chi connectivity index (χ2v) is 6.69. The first-order chi connectivity index (χ1) is 7.36. The number of rotatable bonds is 3. The van der Waals surface area contributed by atoms with E-state index in [4.69, 9.17) is 0 Å². The number of thioether (sulfide) groups is 2. The van der Waals surface area contributed by atoms with Crippen LogP contribution in [0.1, 0.15) is 0 Å². The monoisotopic (exact) mass is 304 g/mol. The largest absolute Gasteiger partial charge is 0.368 e. The zero-order chi connectivity index (χ0) is 10.5. The van der Waals surface area contributed by atoms with Gasteiger partial charge in [0.1, 0.15) is 5.82 Å². The summed E-state index contributed by atoms with van der Waals surface area (Å²) in [6.45, 7) is 1.01. The quantitative estimate of drug-likeness (QED) is 0.927. The van der Waals surface area contributed by atoms with E-state index in [0.29, 0.717) is 0 Å². The highest BCUT2D eigenvalue weighted by Gasteiger charge is 2.14. The second kappa shape index (κ2) is 6.01. The molecule has 1 unspecified atom stereocenters. The first-order valence-corrected chi connectivity index (χ1v) is 7.89. The van der Waals surface area contributed by atoms with Crippen molar-refractivity contribution in [3.8, 4) is 0 Å². The van der Waals surface area contributed by atoms with Gasteiger partial charge in [-0.05, 0) is 28.1 Å². The number of nitrogens with one attached hydrogen (secondary N) is 1. The van der Waals surface area contributed by atoms with Crippen LogP contribution < -0.4 is 5.32 Å². The number of anilines is 1. The van der Waals surface area contributed by atoms with Gasteiger partial charge in [0.2, 0.25) is 0 Å². The summed E-state index contributed by atoms with van der Waals surface area (Å²) < 4.78 is 1.04. The Kier molecular flexibility index (Phi) is 4.65. The fourth-order valence-electron chi connectivity index (χ4n) is 1.38. The Balaban J connectivity index is 1.84. The van der Waals surface area contributed by atoms with Gasteiger partial charge in [0.05, 0.1) is 4.47 Å². The molecular formula is C10H13BrN2S2. The van der Waals surface area contributed by atoms with E-state index in [9.17, 15) is 0 Å². The van der Waals surface area contributed by atoms with Gasteiger partial charge >= 0.3 is 0 Å². The molecule has 0 saturated carbocycles. The molecule has 1 saturated heterocycles. The summed E-state index contributed by atoms with van der Waals surface area (Å²) in [5, 5.41) is 4.11. The molecule has 82 valence electrons. The number of aromatic nitrogens is 1. The van der Waals surface area contributed by atoms with Crippen molar-refractivity contribution in [2.45, 2.75) is 5.25 Å². The fourth-order valence-corrected chi connectivity index (χ4v) is 4.39. The molecule has 0 bridgehead atoms. The van der Waals surface area contributed by atoms with E-state index in [0.717, 1.165) is 22.1 Å². The molecule has 0 aromatic carbocycles. The first-order valence-electron chi connectivity index (χ1n) is 4.90. The Morgan fingerprint density at radius 3 is 3.20 bits per heavy atom. The van der Waals surface area contributed by atoms with E-state index in [2.05, 4.69) is 38.0 Å². The van der Waals surface area contributed by atoms with E-state index >= 15 is 0 Å². The van der Waals surface area contributed by atoms with Gasteiger partial charge in [-0.15, -0.1) is 0 Å². The lowest BCUT2D eigenvalue weighted by Gasteiger charge is -2.21. The van der Waals surface area contributed by atoms with Crippen LogP contribution in [-0.2, 0) is 0 Å². The summed E-state index contributed by atoms with van der Waals surface area (Å²) in [5.74, 6) is 4.78. The molecule has 2 rings (SSSR count). The van der Waals surface area contributed by atoms with E-state index in [-0.39, 0.29) is 0 Å². The normalized spacial score (nSPS) is 21.3. The summed E-state index contributed by atoms with van der Waals surface area (Å²) in [7, 11) is 0. The first kappa shape index (κ1) is 11.6. The van der Waals surface area contributed by atoms with Crippen LogP contribution in [0.5, 0.6) is 0 Å². The summed E-state index contributed by atoms with van der Waals surface area (Å²) in [4.78, 5) is 4.29. The van der Waals surface area contributed by atoms with E-state index in [1.165, 1.54) is 17.3 Å². The molecule has 15 heavy (non-hydrogen) atoms. The zero-order valence-corrected chi connectivity index (χ0v) is 11.5. The molecule has 0 aliphatic carbocycles. The molecular weight excluding hydrogens is 292 g/mol. The summed E-state index contributed by atoms with van der Waals surface area (Å²) in [6, 6.07) is 3.94. The van der Waals surface area contributed by atoms with Gasteiger partial charge < -0.3 is 5.32 Å². The number of halogens is 1. The Morgan fingerprint density at radius 1 is 1.53 bits per heavy atom. The van der Waals surface area contributed by atoms with E-state index < -0.39 is 0 Å². The minimum absolute atomic E-state index is 0.720. The average Bonchev–Trinajstić information content (AvgIpc) is 2.29. The van der Waals surface area contributed by atoms with Crippen molar-refractivity contribution in [2.24, 2.45) is 0 Å². The lowest BCUT2D eigenvalue weighted by molar-refractivity contribution is 0.991. The Morgan fingerprint density at radius 2 is 2.47 bits per heavy atom. The second-order valence-electron chi connectivity index (χ2n) is 3.28. The van der Waals surface area contributed by atoms with Crippen molar-refractivity contribution in [2.75, 3.05) is 29.1 Å². The predicted molar refractivity (Wildman–Crippen MR) is 74.0 cm³/mol. The smallest absolute Gasteiger partial charge is 0.140 e. The molecule has 0 amide bonds. The van der Waals surface area contributed by atoms with Crippen LogP contribution in [0.3, 0.4) is 0 Å². The molecule has 1 aliphatic heterocycles. The Labute approximate surface area is 107 Å². The lowest BCUT2D eigenvalue weighted by Crippen LogP contribution is -2.23. The fraction of sp³-hybridized carbons (Fsp3) is 0.500. The van der Waals surface area contributed by atoms with Gasteiger partial charge in [-0.2, -0.15) is 23.5 Å². The van der Waals surface area contributed by atoms with Gasteiger partial charge in [-0.1, -0.05) is 0 Å². The number of nitrogens with zero attached hydrogens (tertiary/aromatic N) is 1. The number of hydrogen-bond donors (Lipinski definition) is 1. The molecule has 1 atom stereocenters. The number of hydrogen-bond acceptors (Lipinski definition) is 4. The van der Waals surface area contributed by atoms with Crippen molar-refractivity contribution in [1.29, 1.82) is 0 Å². The van der Waals surface area contributed by atoms with E-state index in [1.54, 1.807) is 0 Å². The van der Waals surface area contributed by atoms with E-state index in [1.807, 2.05) is 30.1 Å². The third-order valence-corrected chi connectivity index (χ3v) is 5.63. The minimum atomic E-state index is 0.720. The van der Waals surface area contributed by atoms with Gasteiger partial charge in [-0.25, -0.2) is 4.98 Å². The van der Waals surface area contributed by atoms with Crippen molar-refractivity contribution in [1.82, 2.24) is 4.98 Å². The van der Waals surface area contributed by atoms with Gasteiger partial charge in [0.15, 0.2) is 0 Å². The van der Waals surface area contributed by atoms with Crippen molar-refractivity contribution >= 4 is 45.3 Å². The van der Waals surface area contributed by atoms with Gasteiger partial charge in [-0.3, -0.25) is 0 Å². The van der Waals surface area contributed by atoms with Crippen LogP contribution in [0.25, 0.3) is 0 Å². The highest BCUT2D eigenvalue weighted by molar-refractivity contribution is 9.10. The van der Waals surface area contributed by atoms with Crippen molar-refractivity contribution < 1.29 is 0 Å². The highest BCUT2D eigenvalue weighted by Crippen LogP contribution is 2.25. The highest BCUT2D eigenvalue weighted by atomic mass is 79.9. The molecule has 1 aliphatic rings. The summed E-state index contributed by atoms with van der Waals surface area (Å²) in [6.07, 6.45) is 1.82. The van der Waals surface area contributed by atoms with Crippen LogP contribution >= 0.6 is 39.5 Å². The van der Waals surface area contributed by atoms with Gasteiger partial charge in [0, 0.05) is 35.3 Å². The van der Waals surface area contributed by atoms with Crippen LogP contribution in [0.4, 0.5) is 5.82 Å². The van der Waals surface area contributed by atoms with Gasteiger partial charge in [0.25, 0.3) is 0 Å². The maximum atomic E-state index is 4.29. The predicted octanol–water partition coefficient (Wildman–Crippen LogP) is 3.10. The zero-order valence-electron chi connectivity index (χ0n) is 8.28. The Hall–Kier alpha value is 0.130. The molecule has 2 heterocycles. The molecule has 1 aromatic rings. The van der Waals surface area contributed by atoms with Crippen LogP contribution in [-0.4, -0.2) is 34.0 Å². The maximum Gasteiger partial charge on any atom is 0.140 e. The number of pyridine rings is 1. The van der Waals surface area contributed by atoms with Crippen molar-refractivity contribution in [3.63, 3.8) is 0 Å². The third kappa shape index (κ3) is 3.57. The van der Waals surface area contributed by atoms with Crippen molar-refractivity contribution in [3.05, 3.63) is 22.8 Å². The van der Waals surface area contributed by atoms with Crippen LogP contribution in [0.15, 0.2) is 22.8 Å². The maximum absolute atomic E-state index is 4.29. The minimum Gasteiger partial charge on any atom is -0.368 e. The molecule has 0 radical (unpaired) electrons. The SMILES string of the molecule is Brc1cccnc1NCC1CSCCS1. The third-order valence-electron chi connectivity index (χ3n) is 2.14. The molecule has 5 heteroatoms.